The third-order valence-corrected chi connectivity index (χ3v) is 7.58. The predicted octanol–water partition coefficient (Wildman–Crippen LogP) is 5.08. The van der Waals surface area contributed by atoms with Crippen LogP contribution >= 0.6 is 0 Å². The van der Waals surface area contributed by atoms with Gasteiger partial charge in [-0.25, -0.2) is 8.42 Å². The molecular weight excluding hydrogens is 448 g/mol. The van der Waals surface area contributed by atoms with Gasteiger partial charge in [-0.2, -0.15) is 0 Å². The van der Waals surface area contributed by atoms with E-state index in [-0.39, 0.29) is 17.5 Å². The molecule has 0 heterocycles. The number of anilines is 1. The number of carbonyl (C=O) groups excluding carboxylic acids is 1. The lowest BCUT2D eigenvalue weighted by Crippen LogP contribution is -2.42. The Morgan fingerprint density at radius 1 is 0.971 bits per heavy atom. The highest BCUT2D eigenvalue weighted by Gasteiger charge is 2.29. The number of carbonyl (C=O) groups is 1. The van der Waals surface area contributed by atoms with Gasteiger partial charge in [0.25, 0.3) is 10.0 Å². The van der Waals surface area contributed by atoms with Crippen molar-refractivity contribution in [1.82, 2.24) is 5.32 Å². The summed E-state index contributed by atoms with van der Waals surface area (Å²) in [4.78, 5) is 13.2. The van der Waals surface area contributed by atoms with Crippen molar-refractivity contribution < 1.29 is 17.9 Å². The van der Waals surface area contributed by atoms with Crippen LogP contribution in [-0.2, 0) is 14.8 Å². The largest absolute Gasteiger partial charge is 0.494 e. The van der Waals surface area contributed by atoms with Crippen LogP contribution in [0.3, 0.4) is 0 Å². The highest BCUT2D eigenvalue weighted by Crippen LogP contribution is 2.29. The van der Waals surface area contributed by atoms with Gasteiger partial charge < -0.3 is 10.1 Å². The molecule has 0 saturated carbocycles. The summed E-state index contributed by atoms with van der Waals surface area (Å²) in [5.74, 6) is 0.369. The Labute approximate surface area is 202 Å². The molecule has 6 nitrogen and oxygen atoms in total. The van der Waals surface area contributed by atoms with E-state index >= 15 is 0 Å². The monoisotopic (exact) mass is 480 g/mol. The maximum atomic E-state index is 13.6. The van der Waals surface area contributed by atoms with E-state index in [1.165, 1.54) is 4.31 Å². The minimum atomic E-state index is -3.96. The van der Waals surface area contributed by atoms with Crippen LogP contribution in [0.25, 0.3) is 0 Å². The van der Waals surface area contributed by atoms with Gasteiger partial charge in [0.2, 0.25) is 5.91 Å². The first-order valence-electron chi connectivity index (χ1n) is 11.3. The first-order chi connectivity index (χ1) is 16.1. The Hall–Kier alpha value is -3.32. The van der Waals surface area contributed by atoms with Crippen molar-refractivity contribution in [3.63, 3.8) is 0 Å². The number of ether oxygens (including phenoxy) is 1. The summed E-state index contributed by atoms with van der Waals surface area (Å²) < 4.78 is 33.9. The molecule has 7 heteroatoms. The second-order valence-electron chi connectivity index (χ2n) is 8.34. The SMILES string of the molecule is CCOc1ccc(C(C)NC(=O)CN(c2cccc(C)c2C)S(=O)(=O)c2ccc(C)cc2)cc1. The zero-order chi connectivity index (χ0) is 24.9. The molecule has 0 saturated heterocycles. The Bertz CT molecular complexity index is 1240. The lowest BCUT2D eigenvalue weighted by Gasteiger charge is -2.27. The molecule has 1 N–H and O–H groups in total. The Kier molecular flexibility index (Phi) is 7.99. The summed E-state index contributed by atoms with van der Waals surface area (Å²) in [7, 11) is -3.96. The Morgan fingerprint density at radius 3 is 2.24 bits per heavy atom. The molecule has 0 aliphatic rings. The molecule has 3 aromatic carbocycles. The van der Waals surface area contributed by atoms with Crippen LogP contribution in [0.2, 0.25) is 0 Å². The standard InChI is InChI=1S/C27H32N2O4S/c1-6-33-24-14-12-23(13-15-24)22(5)28-27(30)18-29(26-9-7-8-20(3)21(26)4)34(31,32)25-16-10-19(2)11-17-25/h7-17,22H,6,18H2,1-5H3,(H,28,30). The first-order valence-corrected chi connectivity index (χ1v) is 12.7. The van der Waals surface area contributed by atoms with Gasteiger partial charge in [0.15, 0.2) is 0 Å². The van der Waals surface area contributed by atoms with Crippen LogP contribution in [0.1, 0.15) is 42.1 Å². The predicted molar refractivity (Wildman–Crippen MR) is 136 cm³/mol. The molecule has 34 heavy (non-hydrogen) atoms. The van der Waals surface area contributed by atoms with E-state index in [1.54, 1.807) is 36.4 Å². The number of aryl methyl sites for hydroxylation is 2. The fourth-order valence-corrected chi connectivity index (χ4v) is 5.14. The van der Waals surface area contributed by atoms with E-state index in [1.807, 2.05) is 65.0 Å². The number of hydrogen-bond donors (Lipinski definition) is 1. The summed E-state index contributed by atoms with van der Waals surface area (Å²) in [6, 6.07) is 19.3. The van der Waals surface area contributed by atoms with Crippen LogP contribution in [0.4, 0.5) is 5.69 Å². The van der Waals surface area contributed by atoms with Crippen LogP contribution in [0.5, 0.6) is 5.75 Å². The van der Waals surface area contributed by atoms with E-state index in [2.05, 4.69) is 5.32 Å². The van der Waals surface area contributed by atoms with E-state index in [4.69, 9.17) is 4.74 Å². The second-order valence-corrected chi connectivity index (χ2v) is 10.2. The molecule has 3 rings (SSSR count). The number of nitrogens with zero attached hydrogens (tertiary/aromatic N) is 1. The van der Waals surface area contributed by atoms with Crippen molar-refractivity contribution in [2.45, 2.75) is 45.6 Å². The zero-order valence-corrected chi connectivity index (χ0v) is 21.1. The molecular formula is C27H32N2O4S. The molecule has 1 amide bonds. The van der Waals surface area contributed by atoms with Gasteiger partial charge in [-0.3, -0.25) is 9.10 Å². The van der Waals surface area contributed by atoms with Crippen LogP contribution in [0.15, 0.2) is 71.6 Å². The maximum absolute atomic E-state index is 13.6. The molecule has 180 valence electrons. The average Bonchev–Trinajstić information content (AvgIpc) is 2.80. The number of sulfonamides is 1. The van der Waals surface area contributed by atoms with Gasteiger partial charge in [-0.15, -0.1) is 0 Å². The average molecular weight is 481 g/mol. The van der Waals surface area contributed by atoms with Gasteiger partial charge in [-0.05, 0) is 81.6 Å². The maximum Gasteiger partial charge on any atom is 0.264 e. The molecule has 0 aliphatic heterocycles. The number of hydrogen-bond acceptors (Lipinski definition) is 4. The van der Waals surface area contributed by atoms with Gasteiger partial charge in [-0.1, -0.05) is 42.0 Å². The van der Waals surface area contributed by atoms with E-state index in [0.717, 1.165) is 28.0 Å². The van der Waals surface area contributed by atoms with Crippen LogP contribution < -0.4 is 14.4 Å². The van der Waals surface area contributed by atoms with Gasteiger partial charge in [0.1, 0.15) is 12.3 Å². The van der Waals surface area contributed by atoms with Crippen molar-refractivity contribution >= 4 is 21.6 Å². The van der Waals surface area contributed by atoms with E-state index in [0.29, 0.717) is 12.3 Å². The fraction of sp³-hybridized carbons (Fsp3) is 0.296. The summed E-state index contributed by atoms with van der Waals surface area (Å²) in [5, 5.41) is 2.93. The van der Waals surface area contributed by atoms with Crippen molar-refractivity contribution in [2.75, 3.05) is 17.5 Å². The van der Waals surface area contributed by atoms with Crippen molar-refractivity contribution in [1.29, 1.82) is 0 Å². The molecule has 1 unspecified atom stereocenters. The first kappa shape index (κ1) is 25.3. The van der Waals surface area contributed by atoms with Crippen LogP contribution in [-0.4, -0.2) is 27.5 Å². The van der Waals surface area contributed by atoms with Crippen molar-refractivity contribution in [3.05, 3.63) is 89.0 Å². The van der Waals surface area contributed by atoms with Gasteiger partial charge >= 0.3 is 0 Å². The minimum absolute atomic E-state index is 0.145. The summed E-state index contributed by atoms with van der Waals surface area (Å²) in [5.41, 5.74) is 4.11. The van der Waals surface area contributed by atoms with Crippen molar-refractivity contribution in [3.8, 4) is 5.75 Å². The topological polar surface area (TPSA) is 75.7 Å². The highest BCUT2D eigenvalue weighted by atomic mass is 32.2. The Morgan fingerprint density at radius 2 is 1.62 bits per heavy atom. The molecule has 0 aliphatic carbocycles. The van der Waals surface area contributed by atoms with Crippen LogP contribution in [0, 0.1) is 20.8 Å². The molecule has 0 radical (unpaired) electrons. The smallest absolute Gasteiger partial charge is 0.264 e. The normalized spacial score (nSPS) is 12.1. The Balaban J connectivity index is 1.88. The molecule has 0 fully saturated rings. The quantitative estimate of drug-likeness (QED) is 0.463. The third-order valence-electron chi connectivity index (χ3n) is 5.81. The molecule has 0 spiro atoms. The number of benzene rings is 3. The number of amides is 1. The van der Waals surface area contributed by atoms with Gasteiger partial charge in [0.05, 0.1) is 23.2 Å². The summed E-state index contributed by atoms with van der Waals surface area (Å²) in [6.07, 6.45) is 0. The molecule has 0 aromatic heterocycles. The number of nitrogens with one attached hydrogen (secondary N) is 1. The third kappa shape index (κ3) is 5.78. The van der Waals surface area contributed by atoms with E-state index in [9.17, 15) is 13.2 Å². The molecule has 0 bridgehead atoms. The fourth-order valence-electron chi connectivity index (χ4n) is 3.66. The van der Waals surface area contributed by atoms with E-state index < -0.39 is 15.9 Å². The zero-order valence-electron chi connectivity index (χ0n) is 20.3. The molecule has 1 atom stereocenters. The van der Waals surface area contributed by atoms with Crippen molar-refractivity contribution in [2.24, 2.45) is 0 Å². The lowest BCUT2D eigenvalue weighted by molar-refractivity contribution is -0.120. The highest BCUT2D eigenvalue weighted by molar-refractivity contribution is 7.92. The summed E-state index contributed by atoms with van der Waals surface area (Å²) >= 11 is 0. The minimum Gasteiger partial charge on any atom is -0.494 e. The molecule has 3 aromatic rings. The van der Waals surface area contributed by atoms with Gasteiger partial charge in [0, 0.05) is 0 Å². The lowest BCUT2D eigenvalue weighted by atomic mass is 10.1. The number of rotatable bonds is 9. The summed E-state index contributed by atoms with van der Waals surface area (Å²) in [6.45, 7) is 9.71. The second kappa shape index (κ2) is 10.7.